The number of nitrogens with one attached hydrogen (secondary N) is 1. The van der Waals surface area contributed by atoms with E-state index >= 15 is 0 Å². The first-order chi connectivity index (χ1) is 7.18. The summed E-state index contributed by atoms with van der Waals surface area (Å²) in [4.78, 5) is 7.05. The number of imidazole rings is 1. The van der Waals surface area contributed by atoms with Crippen molar-refractivity contribution >= 4 is 0 Å². The summed E-state index contributed by atoms with van der Waals surface area (Å²) in [6, 6.07) is 0. The van der Waals surface area contributed by atoms with Crippen LogP contribution in [0.1, 0.15) is 18.5 Å². The topological polar surface area (TPSA) is 80.7 Å². The molecule has 0 aromatic carbocycles. The lowest BCUT2D eigenvalue weighted by molar-refractivity contribution is 0.484. The fourth-order valence-electron chi connectivity index (χ4n) is 1.68. The molecule has 0 amide bonds. The van der Waals surface area contributed by atoms with E-state index in [2.05, 4.69) is 9.97 Å². The Morgan fingerprint density at radius 2 is 2.40 bits per heavy atom. The highest BCUT2D eigenvalue weighted by Crippen LogP contribution is 2.21. The highest BCUT2D eigenvalue weighted by Gasteiger charge is 2.22. The van der Waals surface area contributed by atoms with Crippen molar-refractivity contribution in [1.29, 1.82) is 0 Å². The summed E-state index contributed by atoms with van der Waals surface area (Å²) in [5, 5.41) is 0. The standard InChI is InChI=1S/C11H16N4/c12-9-1-4-11(13,5-2-9)6-3-10-7-14-8-15-10/h1-2,4,7-8H,3,5-6,12-13H2,(H,14,15). The third-order valence-electron chi connectivity index (χ3n) is 2.74. The van der Waals surface area contributed by atoms with Gasteiger partial charge in [0.15, 0.2) is 0 Å². The Kier molecular flexibility index (Phi) is 2.60. The number of allylic oxidation sites excluding steroid dienone is 1. The van der Waals surface area contributed by atoms with E-state index < -0.39 is 0 Å². The van der Waals surface area contributed by atoms with Crippen molar-refractivity contribution in [1.82, 2.24) is 9.97 Å². The molecule has 80 valence electrons. The Balaban J connectivity index is 1.93. The average Bonchev–Trinajstić information content (AvgIpc) is 2.73. The Morgan fingerprint density at radius 1 is 1.53 bits per heavy atom. The minimum Gasteiger partial charge on any atom is -0.399 e. The average molecular weight is 204 g/mol. The number of rotatable bonds is 3. The first kappa shape index (κ1) is 9.98. The molecule has 15 heavy (non-hydrogen) atoms. The number of aryl methyl sites for hydroxylation is 1. The normalized spacial score (nSPS) is 25.3. The molecule has 1 aliphatic rings. The Morgan fingerprint density at radius 3 is 3.00 bits per heavy atom. The third kappa shape index (κ3) is 2.47. The molecule has 2 rings (SSSR count). The van der Waals surface area contributed by atoms with Crippen LogP contribution in [0.3, 0.4) is 0 Å². The van der Waals surface area contributed by atoms with Gasteiger partial charge in [0.25, 0.3) is 0 Å². The second-order valence-corrected chi connectivity index (χ2v) is 4.05. The molecule has 0 saturated carbocycles. The lowest BCUT2D eigenvalue weighted by Gasteiger charge is -2.27. The van der Waals surface area contributed by atoms with Gasteiger partial charge >= 0.3 is 0 Å². The zero-order valence-corrected chi connectivity index (χ0v) is 8.61. The molecule has 4 nitrogen and oxygen atoms in total. The highest BCUT2D eigenvalue weighted by atomic mass is 14.9. The third-order valence-corrected chi connectivity index (χ3v) is 2.74. The molecular weight excluding hydrogens is 188 g/mol. The molecule has 5 N–H and O–H groups in total. The van der Waals surface area contributed by atoms with Crippen molar-refractivity contribution in [3.05, 3.63) is 42.1 Å². The van der Waals surface area contributed by atoms with Crippen molar-refractivity contribution < 1.29 is 0 Å². The van der Waals surface area contributed by atoms with Crippen LogP contribution in [0.4, 0.5) is 0 Å². The maximum atomic E-state index is 6.22. The van der Waals surface area contributed by atoms with Crippen molar-refractivity contribution in [3.8, 4) is 0 Å². The fourth-order valence-corrected chi connectivity index (χ4v) is 1.68. The van der Waals surface area contributed by atoms with E-state index in [4.69, 9.17) is 11.5 Å². The van der Waals surface area contributed by atoms with Gasteiger partial charge in [-0.25, -0.2) is 4.98 Å². The zero-order valence-electron chi connectivity index (χ0n) is 8.61. The van der Waals surface area contributed by atoms with Gasteiger partial charge in [-0.3, -0.25) is 0 Å². The predicted octanol–water partition coefficient (Wildman–Crippen LogP) is 0.842. The van der Waals surface area contributed by atoms with Crippen LogP contribution in [0.2, 0.25) is 0 Å². The van der Waals surface area contributed by atoms with Crippen LogP contribution in [0, 0.1) is 0 Å². The molecule has 0 saturated heterocycles. The highest BCUT2D eigenvalue weighted by molar-refractivity contribution is 5.26. The van der Waals surface area contributed by atoms with Gasteiger partial charge in [0, 0.05) is 23.1 Å². The summed E-state index contributed by atoms with van der Waals surface area (Å²) in [6.07, 6.45) is 12.0. The maximum absolute atomic E-state index is 6.22. The maximum Gasteiger partial charge on any atom is 0.0921 e. The summed E-state index contributed by atoms with van der Waals surface area (Å²) in [5.41, 5.74) is 13.5. The lowest BCUT2D eigenvalue weighted by atomic mass is 9.86. The monoisotopic (exact) mass is 204 g/mol. The van der Waals surface area contributed by atoms with E-state index in [1.54, 1.807) is 6.33 Å². The van der Waals surface area contributed by atoms with Gasteiger partial charge in [-0.15, -0.1) is 0 Å². The van der Waals surface area contributed by atoms with Crippen molar-refractivity contribution in [2.75, 3.05) is 0 Å². The molecule has 1 heterocycles. The van der Waals surface area contributed by atoms with Crippen LogP contribution in [-0.2, 0) is 6.42 Å². The van der Waals surface area contributed by atoms with Crippen LogP contribution in [-0.4, -0.2) is 15.5 Å². The molecule has 1 aliphatic carbocycles. The molecule has 0 fully saturated rings. The number of hydrogen-bond acceptors (Lipinski definition) is 3. The van der Waals surface area contributed by atoms with E-state index in [-0.39, 0.29) is 5.54 Å². The molecule has 0 spiro atoms. The largest absolute Gasteiger partial charge is 0.399 e. The Labute approximate surface area is 89.1 Å². The van der Waals surface area contributed by atoms with Gasteiger partial charge in [-0.1, -0.05) is 12.2 Å². The lowest BCUT2D eigenvalue weighted by Crippen LogP contribution is -2.39. The van der Waals surface area contributed by atoms with Gasteiger partial charge in [0.05, 0.1) is 6.33 Å². The van der Waals surface area contributed by atoms with E-state index in [1.807, 2.05) is 24.4 Å². The number of aromatic amines is 1. The summed E-state index contributed by atoms with van der Waals surface area (Å²) in [7, 11) is 0. The molecular formula is C11H16N4. The number of aromatic nitrogens is 2. The fraction of sp³-hybridized carbons (Fsp3) is 0.364. The van der Waals surface area contributed by atoms with Crippen molar-refractivity contribution in [2.45, 2.75) is 24.8 Å². The summed E-state index contributed by atoms with van der Waals surface area (Å²) >= 11 is 0. The second kappa shape index (κ2) is 3.90. The van der Waals surface area contributed by atoms with Gasteiger partial charge in [-0.2, -0.15) is 0 Å². The van der Waals surface area contributed by atoms with Crippen molar-refractivity contribution in [3.63, 3.8) is 0 Å². The minimum absolute atomic E-state index is 0.256. The number of nitrogens with zero attached hydrogens (tertiary/aromatic N) is 1. The van der Waals surface area contributed by atoms with Crippen LogP contribution in [0.15, 0.2) is 36.4 Å². The number of nitrogens with two attached hydrogens (primary N) is 2. The van der Waals surface area contributed by atoms with E-state index in [0.717, 1.165) is 30.7 Å². The smallest absolute Gasteiger partial charge is 0.0921 e. The van der Waals surface area contributed by atoms with Crippen LogP contribution < -0.4 is 11.5 Å². The molecule has 4 heteroatoms. The number of hydrogen-bond donors (Lipinski definition) is 3. The number of H-pyrrole nitrogens is 1. The Bertz CT molecular complexity index is 377. The SMILES string of the molecule is NC1=CCC(N)(CCc2cnc[nH]2)C=C1. The molecule has 1 aromatic rings. The predicted molar refractivity (Wildman–Crippen MR) is 59.9 cm³/mol. The van der Waals surface area contributed by atoms with Gasteiger partial charge < -0.3 is 16.5 Å². The summed E-state index contributed by atoms with van der Waals surface area (Å²) in [6.45, 7) is 0. The molecule has 1 atom stereocenters. The van der Waals surface area contributed by atoms with E-state index in [0.29, 0.717) is 0 Å². The zero-order chi connectivity index (χ0) is 10.7. The summed E-state index contributed by atoms with van der Waals surface area (Å²) in [5.74, 6) is 0. The first-order valence-corrected chi connectivity index (χ1v) is 5.09. The molecule has 0 radical (unpaired) electrons. The molecule has 1 unspecified atom stereocenters. The van der Waals surface area contributed by atoms with Gasteiger partial charge in [-0.05, 0) is 25.3 Å². The van der Waals surface area contributed by atoms with Crippen LogP contribution in [0.5, 0.6) is 0 Å². The second-order valence-electron chi connectivity index (χ2n) is 4.05. The molecule has 0 bridgehead atoms. The summed E-state index contributed by atoms with van der Waals surface area (Å²) < 4.78 is 0. The Hall–Kier alpha value is -1.55. The van der Waals surface area contributed by atoms with E-state index in [1.165, 1.54) is 0 Å². The van der Waals surface area contributed by atoms with Gasteiger partial charge in [0.2, 0.25) is 0 Å². The minimum atomic E-state index is -0.256. The molecule has 1 aromatic heterocycles. The quantitative estimate of drug-likeness (QED) is 0.682. The van der Waals surface area contributed by atoms with E-state index in [9.17, 15) is 0 Å². The van der Waals surface area contributed by atoms with Crippen LogP contribution >= 0.6 is 0 Å². The molecule has 0 aliphatic heterocycles. The van der Waals surface area contributed by atoms with Crippen LogP contribution in [0.25, 0.3) is 0 Å². The van der Waals surface area contributed by atoms with Gasteiger partial charge in [0.1, 0.15) is 0 Å². The van der Waals surface area contributed by atoms with Crippen molar-refractivity contribution in [2.24, 2.45) is 11.5 Å². The first-order valence-electron chi connectivity index (χ1n) is 5.09.